The summed E-state index contributed by atoms with van der Waals surface area (Å²) in [6, 6.07) is 0.399. The third-order valence-electron chi connectivity index (χ3n) is 4.68. The Morgan fingerprint density at radius 1 is 1.13 bits per heavy atom. The molecule has 0 aromatic carbocycles. The summed E-state index contributed by atoms with van der Waals surface area (Å²) < 4.78 is 13.1. The number of nitrogens with zero attached hydrogens (tertiary/aromatic N) is 5. The van der Waals surface area contributed by atoms with E-state index in [1.54, 1.807) is 7.11 Å². The highest BCUT2D eigenvalue weighted by Crippen LogP contribution is 2.31. The molecule has 2 aromatic rings. The minimum Gasteiger partial charge on any atom is -0.467 e. The van der Waals surface area contributed by atoms with Crippen LogP contribution in [0.25, 0.3) is 11.0 Å². The fourth-order valence-electron chi connectivity index (χ4n) is 3.46. The lowest BCUT2D eigenvalue weighted by Crippen LogP contribution is -2.30. The molecule has 4 rings (SSSR count). The molecule has 1 atom stereocenters. The first-order valence-electron chi connectivity index (χ1n) is 8.52. The highest BCUT2D eigenvalue weighted by Gasteiger charge is 2.24. The van der Waals surface area contributed by atoms with Gasteiger partial charge in [-0.2, -0.15) is 15.1 Å². The molecule has 2 fully saturated rings. The fourth-order valence-corrected chi connectivity index (χ4v) is 3.46. The van der Waals surface area contributed by atoms with Crippen molar-refractivity contribution in [2.24, 2.45) is 0 Å². The van der Waals surface area contributed by atoms with Crippen LogP contribution < -0.4 is 9.64 Å². The Balaban J connectivity index is 1.78. The Bertz CT molecular complexity index is 674. The first-order chi connectivity index (χ1) is 11.4. The van der Waals surface area contributed by atoms with Gasteiger partial charge in [-0.3, -0.25) is 0 Å². The van der Waals surface area contributed by atoms with Crippen LogP contribution in [0.3, 0.4) is 0 Å². The molecule has 0 aliphatic carbocycles. The molecule has 0 saturated carbocycles. The fraction of sp³-hybridized carbons (Fsp3) is 0.688. The third-order valence-corrected chi connectivity index (χ3v) is 4.68. The van der Waals surface area contributed by atoms with Crippen LogP contribution in [-0.2, 0) is 4.74 Å². The van der Waals surface area contributed by atoms with E-state index in [1.165, 1.54) is 19.3 Å². The van der Waals surface area contributed by atoms with E-state index >= 15 is 0 Å². The molecule has 7 heteroatoms. The van der Waals surface area contributed by atoms with E-state index in [-0.39, 0.29) is 6.23 Å². The van der Waals surface area contributed by atoms with Crippen LogP contribution in [0.15, 0.2) is 6.20 Å². The molecule has 0 bridgehead atoms. The predicted octanol–water partition coefficient (Wildman–Crippen LogP) is 2.52. The van der Waals surface area contributed by atoms with Crippen molar-refractivity contribution in [1.29, 1.82) is 0 Å². The Labute approximate surface area is 135 Å². The predicted molar refractivity (Wildman–Crippen MR) is 86.8 cm³/mol. The summed E-state index contributed by atoms with van der Waals surface area (Å²) in [6.45, 7) is 2.84. The van der Waals surface area contributed by atoms with Crippen LogP contribution in [-0.4, -0.2) is 46.6 Å². The Morgan fingerprint density at radius 2 is 2.00 bits per heavy atom. The zero-order valence-electron chi connectivity index (χ0n) is 13.6. The van der Waals surface area contributed by atoms with Gasteiger partial charge in [0.1, 0.15) is 5.82 Å². The Hall–Kier alpha value is -1.89. The maximum absolute atomic E-state index is 5.87. The number of methoxy groups -OCH3 is 1. The summed E-state index contributed by atoms with van der Waals surface area (Å²) in [5.41, 5.74) is 0.810. The number of ether oxygens (including phenoxy) is 2. The summed E-state index contributed by atoms with van der Waals surface area (Å²) >= 11 is 0. The molecule has 124 valence electrons. The van der Waals surface area contributed by atoms with Gasteiger partial charge in [0.2, 0.25) is 0 Å². The molecule has 0 spiro atoms. The summed E-state index contributed by atoms with van der Waals surface area (Å²) in [5, 5.41) is 5.54. The molecular weight excluding hydrogens is 294 g/mol. The quantitative estimate of drug-likeness (QED) is 0.866. The van der Waals surface area contributed by atoms with Gasteiger partial charge in [-0.15, -0.1) is 0 Å². The van der Waals surface area contributed by atoms with Gasteiger partial charge in [-0.1, -0.05) is 0 Å². The van der Waals surface area contributed by atoms with E-state index in [9.17, 15) is 0 Å². The normalized spacial score (nSPS) is 22.5. The van der Waals surface area contributed by atoms with Crippen molar-refractivity contribution in [2.75, 3.05) is 31.7 Å². The van der Waals surface area contributed by atoms with Gasteiger partial charge in [0.15, 0.2) is 11.9 Å². The van der Waals surface area contributed by atoms with Crippen molar-refractivity contribution in [3.63, 3.8) is 0 Å². The van der Waals surface area contributed by atoms with E-state index < -0.39 is 0 Å². The van der Waals surface area contributed by atoms with Crippen LogP contribution in [0.1, 0.15) is 44.8 Å². The monoisotopic (exact) mass is 317 g/mol. The van der Waals surface area contributed by atoms with Gasteiger partial charge in [0, 0.05) is 19.7 Å². The average molecular weight is 317 g/mol. The van der Waals surface area contributed by atoms with E-state index in [2.05, 4.69) is 20.0 Å². The van der Waals surface area contributed by atoms with Gasteiger partial charge in [0.05, 0.1) is 18.7 Å². The van der Waals surface area contributed by atoms with Gasteiger partial charge in [-0.25, -0.2) is 4.68 Å². The molecule has 7 nitrogen and oxygen atoms in total. The minimum atomic E-state index is -0.0324. The number of anilines is 1. The molecule has 2 aliphatic rings. The van der Waals surface area contributed by atoms with Crippen molar-refractivity contribution < 1.29 is 9.47 Å². The largest absolute Gasteiger partial charge is 0.467 e. The molecule has 23 heavy (non-hydrogen) atoms. The average Bonchev–Trinajstić information content (AvgIpc) is 3.06. The number of hydrogen-bond donors (Lipinski definition) is 0. The summed E-state index contributed by atoms with van der Waals surface area (Å²) in [6.07, 6.45) is 8.78. The van der Waals surface area contributed by atoms with E-state index in [1.807, 2.05) is 10.9 Å². The minimum absolute atomic E-state index is 0.0324. The highest BCUT2D eigenvalue weighted by molar-refractivity contribution is 5.87. The molecular formula is C16H23N5O2. The summed E-state index contributed by atoms with van der Waals surface area (Å²) in [4.78, 5) is 11.5. The second-order valence-electron chi connectivity index (χ2n) is 6.23. The zero-order valence-corrected chi connectivity index (χ0v) is 13.6. The van der Waals surface area contributed by atoms with Crippen molar-refractivity contribution >= 4 is 16.9 Å². The number of piperidine rings is 1. The molecule has 0 amide bonds. The van der Waals surface area contributed by atoms with Crippen LogP contribution >= 0.6 is 0 Å². The molecule has 1 unspecified atom stereocenters. The van der Waals surface area contributed by atoms with E-state index in [0.29, 0.717) is 6.01 Å². The summed E-state index contributed by atoms with van der Waals surface area (Å²) in [5.74, 6) is 0.939. The van der Waals surface area contributed by atoms with Gasteiger partial charge >= 0.3 is 6.01 Å². The van der Waals surface area contributed by atoms with Gasteiger partial charge in [0.25, 0.3) is 0 Å². The molecule has 0 radical (unpaired) electrons. The lowest BCUT2D eigenvalue weighted by atomic mass is 10.1. The lowest BCUT2D eigenvalue weighted by molar-refractivity contribution is -0.0370. The second kappa shape index (κ2) is 6.31. The smallest absolute Gasteiger partial charge is 0.320 e. The Kier molecular flexibility index (Phi) is 4.03. The number of hydrogen-bond acceptors (Lipinski definition) is 6. The van der Waals surface area contributed by atoms with E-state index in [0.717, 1.165) is 55.8 Å². The summed E-state index contributed by atoms with van der Waals surface area (Å²) in [7, 11) is 1.61. The number of rotatable bonds is 3. The van der Waals surface area contributed by atoms with Crippen LogP contribution in [0.4, 0.5) is 5.82 Å². The standard InChI is InChI=1S/C16H23N5O2/c1-22-16-18-14(20-8-4-2-5-9-20)12-11-17-21(15(12)19-16)13-7-3-6-10-23-13/h11,13H,2-10H2,1H3. The number of aromatic nitrogens is 4. The van der Waals surface area contributed by atoms with Crippen molar-refractivity contribution in [3.05, 3.63) is 6.20 Å². The maximum Gasteiger partial charge on any atom is 0.320 e. The topological polar surface area (TPSA) is 65.3 Å². The van der Waals surface area contributed by atoms with Crippen LogP contribution in [0, 0.1) is 0 Å². The van der Waals surface area contributed by atoms with Crippen molar-refractivity contribution in [2.45, 2.75) is 44.8 Å². The highest BCUT2D eigenvalue weighted by atomic mass is 16.5. The van der Waals surface area contributed by atoms with Crippen LogP contribution in [0.5, 0.6) is 6.01 Å². The molecule has 2 saturated heterocycles. The molecule has 4 heterocycles. The molecule has 2 aromatic heterocycles. The maximum atomic E-state index is 5.87. The van der Waals surface area contributed by atoms with Crippen molar-refractivity contribution in [1.82, 2.24) is 19.7 Å². The zero-order chi connectivity index (χ0) is 15.6. The Morgan fingerprint density at radius 3 is 2.74 bits per heavy atom. The van der Waals surface area contributed by atoms with Crippen molar-refractivity contribution in [3.8, 4) is 6.01 Å². The lowest BCUT2D eigenvalue weighted by Gasteiger charge is -2.28. The SMILES string of the molecule is COc1nc(N2CCCCC2)c2cnn(C3CCCCO3)c2n1. The molecule has 0 N–H and O–H groups in total. The van der Waals surface area contributed by atoms with Gasteiger partial charge < -0.3 is 14.4 Å². The molecule has 2 aliphatic heterocycles. The number of fused-ring (bicyclic) bond motifs is 1. The first-order valence-corrected chi connectivity index (χ1v) is 8.52. The third kappa shape index (κ3) is 2.73. The van der Waals surface area contributed by atoms with Gasteiger partial charge in [-0.05, 0) is 38.5 Å². The first kappa shape index (κ1) is 14.7. The van der Waals surface area contributed by atoms with E-state index in [4.69, 9.17) is 9.47 Å². The van der Waals surface area contributed by atoms with Crippen LogP contribution in [0.2, 0.25) is 0 Å². The second-order valence-corrected chi connectivity index (χ2v) is 6.23.